The second kappa shape index (κ2) is 24.2. The molecule has 77 heavy (non-hydrogen) atoms. The summed E-state index contributed by atoms with van der Waals surface area (Å²) in [7, 11) is 1.99. The fraction of sp³-hybridized carbons (Fsp3) is 0.509. The number of hydrazine groups is 1. The molecule has 0 radical (unpaired) electrons. The fourth-order valence-corrected chi connectivity index (χ4v) is 9.58. The van der Waals surface area contributed by atoms with Gasteiger partial charge in [-0.3, -0.25) is 19.9 Å². The van der Waals surface area contributed by atoms with Gasteiger partial charge in [-0.25, -0.2) is 28.7 Å². The van der Waals surface area contributed by atoms with E-state index >= 15 is 4.39 Å². The number of rotatable bonds is 18. The molecule has 4 aromatic rings. The quantitative estimate of drug-likeness (QED) is 0.0446. The minimum atomic E-state index is -5.05. The summed E-state index contributed by atoms with van der Waals surface area (Å²) < 4.78 is 101. The number of aliphatic hydroxyl groups is 1. The number of nitrogens with one attached hydrogen (secondary N) is 4. The highest BCUT2D eigenvalue weighted by Crippen LogP contribution is 2.41. The van der Waals surface area contributed by atoms with Crippen LogP contribution in [-0.2, 0) is 36.8 Å². The van der Waals surface area contributed by atoms with E-state index in [1.54, 1.807) is 51.2 Å². The van der Waals surface area contributed by atoms with Gasteiger partial charge in [0.25, 0.3) is 5.91 Å². The third-order valence-electron chi connectivity index (χ3n) is 14.2. The predicted octanol–water partition coefficient (Wildman–Crippen LogP) is 5.94. The standard InChI is InChI=1S/C53H64F6N10O8/c1-51(2,3)44(63-49(73)75-6)47(72)65-67(24-35-16-15-34(21-40(35)54)36-23-61-68(25-36)48(55)56)28-42(70)41(62-46(71)45(64-50(74)76-7)52(4,5)53(57,58)59)20-32-11-8-31(9-12-32)10-13-33-14-19-43(60-22-33)66-26-37-17-18-38(27-66)69(37)39-29-77-30-39/h8-9,11-12,14-16,19,21-23,25,37-39,41-42,44-45,48,70H,17-18,20,24,26-30H2,1-7H3,(H,62,71)(H,63,73)(H,64,74)(H,65,72)/t37?,38?,41-,42-,44+,45+/m0/s1. The van der Waals surface area contributed by atoms with Crippen molar-refractivity contribution in [2.45, 2.75) is 116 Å². The van der Waals surface area contributed by atoms with Gasteiger partial charge in [0.15, 0.2) is 0 Å². The lowest BCUT2D eigenvalue weighted by atomic mass is 9.82. The molecule has 0 saturated carbocycles. The van der Waals surface area contributed by atoms with Crippen molar-refractivity contribution in [1.82, 2.24) is 46.0 Å². The molecule has 4 amide bonds. The number of amides is 4. The third-order valence-corrected chi connectivity index (χ3v) is 14.2. The predicted molar refractivity (Wildman–Crippen MR) is 269 cm³/mol. The lowest BCUT2D eigenvalue weighted by Crippen LogP contribution is -2.63. The molecular weight excluding hydrogens is 1020 g/mol. The minimum Gasteiger partial charge on any atom is -0.453 e. The lowest BCUT2D eigenvalue weighted by Gasteiger charge is -2.47. The molecule has 3 fully saturated rings. The second-order valence-electron chi connectivity index (χ2n) is 21.0. The van der Waals surface area contributed by atoms with Crippen LogP contribution in [0, 0.1) is 28.5 Å². The summed E-state index contributed by atoms with van der Waals surface area (Å²) in [6.45, 7) is 5.56. The highest BCUT2D eigenvalue weighted by atomic mass is 19.4. The van der Waals surface area contributed by atoms with Crippen molar-refractivity contribution >= 4 is 29.8 Å². The van der Waals surface area contributed by atoms with Crippen molar-refractivity contribution in [2.24, 2.45) is 10.8 Å². The molecule has 7 rings (SSSR count). The number of fused-ring (bicyclic) bond motifs is 2. The number of nitrogens with zero attached hydrogens (tertiary/aromatic N) is 6. The van der Waals surface area contributed by atoms with E-state index < -0.39 is 90.7 Å². The highest BCUT2D eigenvalue weighted by molar-refractivity contribution is 5.87. The van der Waals surface area contributed by atoms with Crippen LogP contribution in [0.4, 0.5) is 41.7 Å². The largest absolute Gasteiger partial charge is 0.453 e. The van der Waals surface area contributed by atoms with E-state index in [-0.39, 0.29) is 23.1 Å². The van der Waals surface area contributed by atoms with Crippen LogP contribution in [0.15, 0.2) is 73.2 Å². The first-order valence-electron chi connectivity index (χ1n) is 24.9. The summed E-state index contributed by atoms with van der Waals surface area (Å²) in [6, 6.07) is 10.6. The summed E-state index contributed by atoms with van der Waals surface area (Å²) in [5, 5.41) is 23.7. The summed E-state index contributed by atoms with van der Waals surface area (Å²) in [6.07, 6.45) is -3.25. The van der Waals surface area contributed by atoms with E-state index in [0.717, 1.165) is 82.7 Å². The number of halogens is 6. The number of benzene rings is 2. The average Bonchev–Trinajstić information content (AvgIpc) is 3.95. The zero-order valence-electron chi connectivity index (χ0n) is 43.7. The van der Waals surface area contributed by atoms with Gasteiger partial charge in [0.2, 0.25) is 5.91 Å². The maximum atomic E-state index is 16.0. The van der Waals surface area contributed by atoms with Crippen LogP contribution in [-0.4, -0.2) is 149 Å². The number of piperazine rings is 1. The second-order valence-corrected chi connectivity index (χ2v) is 21.0. The van der Waals surface area contributed by atoms with Crippen LogP contribution in [0.3, 0.4) is 0 Å². The third kappa shape index (κ3) is 14.2. The van der Waals surface area contributed by atoms with Gasteiger partial charge in [-0.05, 0) is 80.0 Å². The van der Waals surface area contributed by atoms with Crippen molar-refractivity contribution < 1.29 is 64.8 Å². The Morgan fingerprint density at radius 2 is 1.44 bits per heavy atom. The number of methoxy groups -OCH3 is 2. The summed E-state index contributed by atoms with van der Waals surface area (Å²) in [5.41, 5.74) is 0.685. The topological polar surface area (TPSA) is 205 Å². The minimum absolute atomic E-state index is 0.0884. The Morgan fingerprint density at radius 1 is 0.818 bits per heavy atom. The van der Waals surface area contributed by atoms with Crippen LogP contribution >= 0.6 is 0 Å². The van der Waals surface area contributed by atoms with Gasteiger partial charge in [-0.15, -0.1) is 0 Å². The molecule has 0 spiro atoms. The van der Waals surface area contributed by atoms with E-state index in [1.807, 2.05) is 17.4 Å². The number of carbonyl (C=O) groups excluding carboxylic acids is 4. The Balaban J connectivity index is 1.14. The van der Waals surface area contributed by atoms with Gasteiger partial charge in [0.1, 0.15) is 23.7 Å². The van der Waals surface area contributed by atoms with Crippen molar-refractivity contribution in [3.8, 4) is 23.0 Å². The molecule has 18 nitrogen and oxygen atoms in total. The lowest BCUT2D eigenvalue weighted by molar-refractivity contribution is -0.220. The van der Waals surface area contributed by atoms with Gasteiger partial charge < -0.3 is 40.2 Å². The number of alkyl halides is 5. The number of pyridine rings is 1. The van der Waals surface area contributed by atoms with Crippen LogP contribution in [0.1, 0.15) is 76.3 Å². The molecular formula is C53H64F6N10O8. The molecule has 5 N–H and O–H groups in total. The SMILES string of the molecule is COC(=O)N[C@H](C(=O)NN(Cc1ccc(-c2cnn(C(F)F)c2)cc1F)C[C@H](O)[C@H](Cc1ccc(C#Cc2ccc(N3CC4CCC(C3)N4C3COC3)nc2)cc1)NC(=O)[C@@H](NC(=O)OC)C(C)(C)C(F)(F)F)C(C)(C)C. The first kappa shape index (κ1) is 57.8. The van der Waals surface area contributed by atoms with E-state index in [4.69, 9.17) is 14.5 Å². The van der Waals surface area contributed by atoms with Crippen molar-refractivity contribution in [3.05, 3.63) is 101 Å². The molecule has 2 bridgehead atoms. The number of anilines is 1. The smallest absolute Gasteiger partial charge is 0.407 e. The van der Waals surface area contributed by atoms with Crippen molar-refractivity contribution in [2.75, 3.05) is 52.0 Å². The summed E-state index contributed by atoms with van der Waals surface area (Å²) >= 11 is 0. The van der Waals surface area contributed by atoms with E-state index in [0.29, 0.717) is 53.3 Å². The van der Waals surface area contributed by atoms with Crippen molar-refractivity contribution in [1.29, 1.82) is 0 Å². The zero-order chi connectivity index (χ0) is 56.0. The Hall–Kier alpha value is -6.94. The average molecular weight is 1080 g/mol. The maximum absolute atomic E-state index is 16.0. The Labute approximate surface area is 442 Å². The van der Waals surface area contributed by atoms with Crippen LogP contribution in [0.5, 0.6) is 0 Å². The molecule has 416 valence electrons. The van der Waals surface area contributed by atoms with Gasteiger partial charge >= 0.3 is 24.9 Å². The zero-order valence-corrected chi connectivity index (χ0v) is 43.7. The number of alkyl carbamates (subject to hydrolysis) is 2. The monoisotopic (exact) mass is 1080 g/mol. The molecule has 2 aromatic carbocycles. The molecule has 2 unspecified atom stereocenters. The van der Waals surface area contributed by atoms with Gasteiger partial charge in [0.05, 0.1) is 57.2 Å². The number of aromatic nitrogens is 3. The molecule has 0 aliphatic carbocycles. The molecule has 3 aliphatic heterocycles. The molecule has 6 atom stereocenters. The number of ether oxygens (including phenoxy) is 3. The Morgan fingerprint density at radius 3 is 1.97 bits per heavy atom. The first-order valence-corrected chi connectivity index (χ1v) is 24.9. The number of hydrogen-bond acceptors (Lipinski definition) is 13. The number of aliphatic hydroxyl groups excluding tert-OH is 1. The van der Waals surface area contributed by atoms with E-state index in [2.05, 4.69) is 47.5 Å². The number of carbonyl (C=O) groups is 4. The normalized spacial score (nSPS) is 18.6. The number of hydrogen-bond donors (Lipinski definition) is 5. The van der Waals surface area contributed by atoms with Crippen LogP contribution in [0.2, 0.25) is 0 Å². The van der Waals surface area contributed by atoms with Gasteiger partial charge in [-0.2, -0.15) is 27.1 Å². The molecule has 3 aliphatic rings. The highest BCUT2D eigenvalue weighted by Gasteiger charge is 2.56. The molecule has 5 heterocycles. The molecule has 2 aromatic heterocycles. The molecule has 3 saturated heterocycles. The Kier molecular flexibility index (Phi) is 18.1. The van der Waals surface area contributed by atoms with E-state index in [9.17, 15) is 46.2 Å². The maximum Gasteiger partial charge on any atom is 0.407 e. The van der Waals surface area contributed by atoms with Crippen LogP contribution < -0.4 is 26.3 Å². The fourth-order valence-electron chi connectivity index (χ4n) is 9.58. The van der Waals surface area contributed by atoms with Crippen LogP contribution in [0.25, 0.3) is 11.1 Å². The van der Waals surface area contributed by atoms with Crippen molar-refractivity contribution in [3.63, 3.8) is 0 Å². The molecule has 24 heteroatoms. The van der Waals surface area contributed by atoms with Gasteiger partial charge in [-0.1, -0.05) is 56.9 Å². The van der Waals surface area contributed by atoms with Gasteiger partial charge in [0, 0.05) is 72.9 Å². The van der Waals surface area contributed by atoms with E-state index in [1.165, 1.54) is 12.1 Å². The summed E-state index contributed by atoms with van der Waals surface area (Å²) in [4.78, 5) is 62.7. The summed E-state index contributed by atoms with van der Waals surface area (Å²) in [5.74, 6) is 4.00. The first-order chi connectivity index (χ1) is 36.3. The Bertz CT molecular complexity index is 2760.